The van der Waals surface area contributed by atoms with Crippen molar-refractivity contribution in [3.8, 4) is 0 Å². The summed E-state index contributed by atoms with van der Waals surface area (Å²) >= 11 is 0. The van der Waals surface area contributed by atoms with Gasteiger partial charge in [0.2, 0.25) is 0 Å². The Bertz CT molecular complexity index is 872. The summed E-state index contributed by atoms with van der Waals surface area (Å²) in [7, 11) is -3.94. The Kier molecular flexibility index (Phi) is 13.5. The van der Waals surface area contributed by atoms with E-state index in [1.807, 2.05) is 0 Å². The highest BCUT2D eigenvalue weighted by Crippen LogP contribution is 2.59. The molecular weight excluding hydrogens is 605 g/mol. The highest BCUT2D eigenvalue weighted by atomic mass is 31.2. The summed E-state index contributed by atoms with van der Waals surface area (Å²) in [5, 5.41) is 0. The van der Waals surface area contributed by atoms with Gasteiger partial charge in [-0.2, -0.15) is 0 Å². The highest BCUT2D eigenvalue weighted by Gasteiger charge is 2.53. The minimum atomic E-state index is -3.94. The van der Waals surface area contributed by atoms with Crippen molar-refractivity contribution < 1.29 is 18.1 Å². The van der Waals surface area contributed by atoms with Gasteiger partial charge in [-0.25, -0.2) is 4.57 Å². The third-order valence-corrected chi connectivity index (χ3v) is 13.5. The van der Waals surface area contributed by atoms with Crippen LogP contribution in [0.4, 0.5) is 0 Å². The molecule has 0 bridgehead atoms. The zero-order chi connectivity index (χ0) is 35.7. The van der Waals surface area contributed by atoms with E-state index in [0.29, 0.717) is 0 Å². The number of rotatable bonds is 15. The topological polar surface area (TPSA) is 54.5 Å². The summed E-state index contributed by atoms with van der Waals surface area (Å²) in [6, 6.07) is 0. The van der Waals surface area contributed by atoms with Crippen LogP contribution in [0.25, 0.3) is 0 Å². The van der Waals surface area contributed by atoms with Crippen LogP contribution in [0.15, 0.2) is 0 Å². The van der Waals surface area contributed by atoms with E-state index >= 15 is 4.57 Å². The first-order valence-electron chi connectivity index (χ1n) is 19.4. The number of phosphoric acid groups is 1. The van der Waals surface area contributed by atoms with Crippen LogP contribution in [0, 0.1) is 0 Å². The van der Waals surface area contributed by atoms with Gasteiger partial charge in [0, 0.05) is 33.2 Å². The third-order valence-electron chi connectivity index (χ3n) is 11.8. The van der Waals surface area contributed by atoms with Crippen LogP contribution in [-0.2, 0) is 18.1 Å². The summed E-state index contributed by atoms with van der Waals surface area (Å²) < 4.78 is 35.8. The lowest BCUT2D eigenvalue weighted by molar-refractivity contribution is -0.113. The fourth-order valence-corrected chi connectivity index (χ4v) is 12.0. The molecule has 3 saturated heterocycles. The van der Waals surface area contributed by atoms with E-state index in [1.165, 1.54) is 38.5 Å². The van der Waals surface area contributed by atoms with Gasteiger partial charge < -0.3 is 0 Å². The van der Waals surface area contributed by atoms with Crippen LogP contribution in [0.2, 0.25) is 0 Å². The van der Waals surface area contributed by atoms with E-state index in [2.05, 4.69) is 119 Å². The van der Waals surface area contributed by atoms with E-state index in [1.54, 1.807) is 0 Å². The smallest absolute Gasteiger partial charge is 0.293 e. The van der Waals surface area contributed by atoms with Crippen molar-refractivity contribution in [1.82, 2.24) is 14.7 Å². The molecule has 278 valence electrons. The largest absolute Gasteiger partial charge is 0.475 e. The molecule has 0 radical (unpaired) electrons. The van der Waals surface area contributed by atoms with Gasteiger partial charge in [0.05, 0.1) is 18.3 Å². The van der Waals surface area contributed by atoms with E-state index < -0.39 is 7.82 Å². The Labute approximate surface area is 292 Å². The number of likely N-dealkylation sites (tertiary alicyclic amines) is 3. The number of unbranched alkanes of at least 4 members (excludes halogenated alkanes) is 3. The van der Waals surface area contributed by atoms with Crippen molar-refractivity contribution >= 4 is 7.82 Å². The molecule has 0 aromatic heterocycles. The molecule has 3 rings (SSSR count). The van der Waals surface area contributed by atoms with E-state index in [4.69, 9.17) is 13.6 Å². The molecule has 8 heteroatoms. The molecule has 0 spiro atoms. The fraction of sp³-hybridized carbons (Fsp3) is 1.00. The average molecular weight is 684 g/mol. The van der Waals surface area contributed by atoms with Crippen molar-refractivity contribution in [2.75, 3.05) is 19.6 Å². The Hall–Kier alpha value is -0.0100. The predicted molar refractivity (Wildman–Crippen MR) is 199 cm³/mol. The first-order valence-corrected chi connectivity index (χ1v) is 20.9. The lowest BCUT2D eigenvalue weighted by Crippen LogP contribution is -2.63. The summed E-state index contributed by atoms with van der Waals surface area (Å²) in [5.74, 6) is 0. The van der Waals surface area contributed by atoms with E-state index in [9.17, 15) is 0 Å². The Morgan fingerprint density at radius 3 is 0.809 bits per heavy atom. The van der Waals surface area contributed by atoms with Gasteiger partial charge in [-0.3, -0.25) is 28.3 Å². The second-order valence-corrected chi connectivity index (χ2v) is 20.8. The molecule has 3 aliphatic heterocycles. The minimum absolute atomic E-state index is 0.0877. The van der Waals surface area contributed by atoms with Crippen LogP contribution in [-0.4, -0.2) is 85.9 Å². The maximum Gasteiger partial charge on any atom is 0.475 e. The summed E-state index contributed by atoms with van der Waals surface area (Å²) in [5.41, 5.74) is -0.526. The normalized spacial score (nSPS) is 27.3. The Morgan fingerprint density at radius 1 is 0.447 bits per heavy atom. The number of hydrogen-bond donors (Lipinski definition) is 0. The van der Waals surface area contributed by atoms with Gasteiger partial charge in [-0.1, -0.05) is 40.0 Å². The van der Waals surface area contributed by atoms with Crippen LogP contribution < -0.4 is 0 Å². The molecule has 3 aliphatic rings. The molecule has 0 atom stereocenters. The van der Waals surface area contributed by atoms with Gasteiger partial charge in [-0.15, -0.1) is 0 Å². The molecule has 0 saturated carbocycles. The fourth-order valence-electron chi connectivity index (χ4n) is 10.3. The number of nitrogens with zero attached hydrogens (tertiary/aromatic N) is 3. The summed E-state index contributed by atoms with van der Waals surface area (Å²) in [4.78, 5) is 7.93. The first-order chi connectivity index (χ1) is 21.4. The highest BCUT2D eigenvalue weighted by molar-refractivity contribution is 7.48. The van der Waals surface area contributed by atoms with Crippen LogP contribution in [0.1, 0.15) is 181 Å². The van der Waals surface area contributed by atoms with Gasteiger partial charge >= 0.3 is 7.82 Å². The zero-order valence-corrected chi connectivity index (χ0v) is 34.7. The van der Waals surface area contributed by atoms with Crippen LogP contribution in [0.5, 0.6) is 0 Å². The molecule has 0 aliphatic carbocycles. The zero-order valence-electron chi connectivity index (χ0n) is 33.8. The predicted octanol–water partition coefficient (Wildman–Crippen LogP) is 10.6. The number of phosphoric ester groups is 1. The molecule has 0 aromatic rings. The standard InChI is InChI=1S/C39H78N3O4P/c1-16-19-22-40-34(4,5)25-31(26-35(40,6)7)44-47(43,45-32-27-36(8,9)41(23-20-17-2)37(10,11)28-32)46-33-29-38(12,13)42(24-21-18-3)39(14,15)30-33/h31-33H,16-30H2,1-15H3. The van der Waals surface area contributed by atoms with Gasteiger partial charge in [-0.05, 0) is 161 Å². The quantitative estimate of drug-likeness (QED) is 0.159. The molecule has 0 N–H and O–H groups in total. The molecule has 0 amide bonds. The Balaban J connectivity index is 1.93. The monoisotopic (exact) mass is 684 g/mol. The average Bonchev–Trinajstić information content (AvgIpc) is 2.84. The second kappa shape index (κ2) is 15.3. The number of piperidine rings is 3. The number of hydrogen-bond acceptors (Lipinski definition) is 7. The Morgan fingerprint density at radius 2 is 0.638 bits per heavy atom. The van der Waals surface area contributed by atoms with Crippen LogP contribution >= 0.6 is 7.82 Å². The van der Waals surface area contributed by atoms with Crippen molar-refractivity contribution in [1.29, 1.82) is 0 Å². The molecule has 3 fully saturated rings. The lowest BCUT2D eigenvalue weighted by Gasteiger charge is -2.57. The van der Waals surface area contributed by atoms with E-state index in [-0.39, 0.29) is 51.5 Å². The molecule has 47 heavy (non-hydrogen) atoms. The summed E-state index contributed by atoms with van der Waals surface area (Å²) in [6.07, 6.45) is 11.2. The van der Waals surface area contributed by atoms with Gasteiger partial charge in [0.1, 0.15) is 0 Å². The SMILES string of the molecule is CCCCN1C(C)(C)CC(OP(=O)(OC2CC(C)(C)N(CCCC)C(C)(C)C2)OC2CC(C)(C)N(CCCC)C(C)(C)C2)CC1(C)C. The molecule has 3 heterocycles. The van der Waals surface area contributed by atoms with Crippen molar-refractivity contribution in [3.05, 3.63) is 0 Å². The van der Waals surface area contributed by atoms with Crippen molar-refractivity contribution in [2.24, 2.45) is 0 Å². The van der Waals surface area contributed by atoms with Crippen molar-refractivity contribution in [2.45, 2.75) is 232 Å². The maximum atomic E-state index is 15.3. The molecule has 0 aromatic carbocycles. The first kappa shape index (κ1) is 41.4. The maximum absolute atomic E-state index is 15.3. The summed E-state index contributed by atoms with van der Waals surface area (Å²) in [6.45, 7) is 37.8. The van der Waals surface area contributed by atoms with E-state index in [0.717, 1.165) is 58.2 Å². The minimum Gasteiger partial charge on any atom is -0.293 e. The molecular formula is C39H78N3O4P. The van der Waals surface area contributed by atoms with Gasteiger partial charge in [0.25, 0.3) is 0 Å². The molecule has 7 nitrogen and oxygen atoms in total. The van der Waals surface area contributed by atoms with Gasteiger partial charge in [0.15, 0.2) is 0 Å². The van der Waals surface area contributed by atoms with Crippen molar-refractivity contribution in [3.63, 3.8) is 0 Å². The van der Waals surface area contributed by atoms with Crippen LogP contribution in [0.3, 0.4) is 0 Å². The lowest BCUT2D eigenvalue weighted by atomic mass is 9.78. The second-order valence-electron chi connectivity index (χ2n) is 19.2. The third kappa shape index (κ3) is 10.3. The molecule has 0 unspecified atom stereocenters.